The third-order valence-corrected chi connectivity index (χ3v) is 6.47. The van der Waals surface area contributed by atoms with Crippen LogP contribution in [0.3, 0.4) is 0 Å². The number of carbonyl (C=O) groups is 3. The summed E-state index contributed by atoms with van der Waals surface area (Å²) >= 11 is 12.3. The average Bonchev–Trinajstić information content (AvgIpc) is 3.37. The van der Waals surface area contributed by atoms with Crippen LogP contribution in [-0.2, 0) is 9.59 Å². The summed E-state index contributed by atoms with van der Waals surface area (Å²) in [5.41, 5.74) is 3.01. The van der Waals surface area contributed by atoms with E-state index in [0.29, 0.717) is 17.1 Å². The summed E-state index contributed by atoms with van der Waals surface area (Å²) in [6, 6.07) is 11.1. The number of aryl methyl sites for hydroxylation is 1. The molecule has 0 unspecified atom stereocenters. The highest BCUT2D eigenvalue weighted by molar-refractivity contribution is 6.46. The number of rotatable bonds is 3. The molecule has 3 heterocycles. The third kappa shape index (κ3) is 3.52. The zero-order valence-corrected chi connectivity index (χ0v) is 19.5. The van der Waals surface area contributed by atoms with Crippen molar-refractivity contribution in [3.8, 4) is 17.2 Å². The van der Waals surface area contributed by atoms with E-state index in [9.17, 15) is 14.4 Å². The van der Waals surface area contributed by atoms with Crippen LogP contribution in [0.2, 0.25) is 10.0 Å². The maximum absolute atomic E-state index is 13.3. The Morgan fingerprint density at radius 1 is 1.00 bits per heavy atom. The number of fused-ring (bicyclic) bond motifs is 1. The van der Waals surface area contributed by atoms with Crippen molar-refractivity contribution in [3.05, 3.63) is 75.0 Å². The van der Waals surface area contributed by atoms with E-state index in [-0.39, 0.29) is 28.1 Å². The Morgan fingerprint density at radius 3 is 2.56 bits per heavy atom. The topological polar surface area (TPSA) is 89.9 Å². The highest BCUT2D eigenvalue weighted by Gasteiger charge is 2.38. The molecule has 172 valence electrons. The number of urea groups is 1. The van der Waals surface area contributed by atoms with Crippen LogP contribution in [0, 0.1) is 13.8 Å². The summed E-state index contributed by atoms with van der Waals surface area (Å²) in [5.74, 6) is -0.287. The Bertz CT molecular complexity index is 1430. The molecule has 0 saturated carbocycles. The number of anilines is 1. The monoisotopic (exact) mass is 497 g/mol. The van der Waals surface area contributed by atoms with Crippen LogP contribution in [-0.4, -0.2) is 29.2 Å². The minimum Gasteiger partial charge on any atom is -0.454 e. The van der Waals surface area contributed by atoms with E-state index >= 15 is 0 Å². The molecule has 10 heteroatoms. The number of carbonyl (C=O) groups excluding carboxylic acids is 3. The molecule has 1 N–H and O–H groups in total. The minimum atomic E-state index is -0.901. The molecule has 0 bridgehead atoms. The predicted octanol–water partition coefficient (Wildman–Crippen LogP) is 4.80. The first-order chi connectivity index (χ1) is 16.3. The van der Waals surface area contributed by atoms with Gasteiger partial charge in [0.05, 0.1) is 15.7 Å². The van der Waals surface area contributed by atoms with Crippen molar-refractivity contribution in [2.24, 2.45) is 0 Å². The fourth-order valence-electron chi connectivity index (χ4n) is 4.05. The van der Waals surface area contributed by atoms with Gasteiger partial charge in [-0.15, -0.1) is 0 Å². The fourth-order valence-corrected chi connectivity index (χ4v) is 4.43. The first-order valence-electron chi connectivity index (χ1n) is 10.2. The summed E-state index contributed by atoms with van der Waals surface area (Å²) in [6.07, 6.45) is 1.46. The molecule has 34 heavy (non-hydrogen) atoms. The molecular formula is C24H17Cl2N3O5. The van der Waals surface area contributed by atoms with Gasteiger partial charge in [-0.05, 0) is 55.8 Å². The lowest BCUT2D eigenvalue weighted by molar-refractivity contribution is -0.122. The molecule has 0 atom stereocenters. The normalized spacial score (nSPS) is 16.4. The average molecular weight is 498 g/mol. The summed E-state index contributed by atoms with van der Waals surface area (Å²) in [6.45, 7) is 3.94. The smallest absolute Gasteiger partial charge is 0.336 e. The van der Waals surface area contributed by atoms with Gasteiger partial charge >= 0.3 is 6.03 Å². The third-order valence-electron chi connectivity index (χ3n) is 5.66. The first-order valence-corrected chi connectivity index (χ1v) is 11.0. The van der Waals surface area contributed by atoms with E-state index in [2.05, 4.69) is 5.32 Å². The van der Waals surface area contributed by atoms with E-state index in [1.165, 1.54) is 18.2 Å². The number of ether oxygens (including phenoxy) is 2. The summed E-state index contributed by atoms with van der Waals surface area (Å²) < 4.78 is 12.8. The van der Waals surface area contributed by atoms with Crippen LogP contribution in [0.1, 0.15) is 17.0 Å². The van der Waals surface area contributed by atoms with Crippen molar-refractivity contribution >= 4 is 52.8 Å². The second-order valence-electron chi connectivity index (χ2n) is 7.73. The van der Waals surface area contributed by atoms with Gasteiger partial charge in [-0.2, -0.15) is 0 Å². The van der Waals surface area contributed by atoms with Gasteiger partial charge in [-0.1, -0.05) is 29.3 Å². The van der Waals surface area contributed by atoms with Crippen molar-refractivity contribution in [1.82, 2.24) is 9.88 Å². The van der Waals surface area contributed by atoms with Gasteiger partial charge in [0, 0.05) is 23.1 Å². The Balaban J connectivity index is 1.56. The fraction of sp³-hybridized carbons (Fsp3) is 0.125. The molecule has 1 saturated heterocycles. The minimum absolute atomic E-state index is 0.0300. The Labute approximate surface area is 204 Å². The molecule has 4 amide bonds. The lowest BCUT2D eigenvalue weighted by atomic mass is 10.1. The number of nitrogens with one attached hydrogen (secondary N) is 1. The Hall–Kier alpha value is -3.75. The molecule has 0 radical (unpaired) electrons. The maximum Gasteiger partial charge on any atom is 0.336 e. The van der Waals surface area contributed by atoms with Gasteiger partial charge in [0.1, 0.15) is 5.57 Å². The first kappa shape index (κ1) is 22.1. The molecule has 8 nitrogen and oxygen atoms in total. The number of aromatic nitrogens is 1. The molecule has 2 aliphatic heterocycles. The number of imide groups is 2. The van der Waals surface area contributed by atoms with Crippen LogP contribution in [0.25, 0.3) is 11.8 Å². The SMILES string of the molecule is Cc1cc(C=C2C(=O)NC(=O)N(c3cccc(Cl)c3Cl)C2=O)c(C)n1-c1ccc2c(c1)OCO2. The van der Waals surface area contributed by atoms with Crippen molar-refractivity contribution < 1.29 is 23.9 Å². The van der Waals surface area contributed by atoms with Crippen molar-refractivity contribution in [3.63, 3.8) is 0 Å². The van der Waals surface area contributed by atoms with E-state index in [1.54, 1.807) is 6.07 Å². The molecule has 2 aliphatic rings. The second kappa shape index (κ2) is 8.23. The highest BCUT2D eigenvalue weighted by atomic mass is 35.5. The van der Waals surface area contributed by atoms with Crippen LogP contribution >= 0.6 is 23.2 Å². The van der Waals surface area contributed by atoms with Crippen LogP contribution in [0.4, 0.5) is 10.5 Å². The largest absolute Gasteiger partial charge is 0.454 e. The molecule has 5 rings (SSSR count). The Morgan fingerprint density at radius 2 is 1.76 bits per heavy atom. The Kier molecular flexibility index (Phi) is 5.34. The molecule has 1 aromatic heterocycles. The number of nitrogens with zero attached hydrogens (tertiary/aromatic N) is 2. The van der Waals surface area contributed by atoms with Crippen LogP contribution in [0.15, 0.2) is 48.0 Å². The van der Waals surface area contributed by atoms with Gasteiger partial charge in [0.15, 0.2) is 11.5 Å². The number of benzene rings is 2. The van der Waals surface area contributed by atoms with Gasteiger partial charge < -0.3 is 14.0 Å². The van der Waals surface area contributed by atoms with E-state index in [1.807, 2.05) is 42.7 Å². The molecule has 2 aromatic carbocycles. The zero-order chi connectivity index (χ0) is 24.1. The highest BCUT2D eigenvalue weighted by Crippen LogP contribution is 2.36. The van der Waals surface area contributed by atoms with E-state index in [0.717, 1.165) is 22.0 Å². The predicted molar refractivity (Wildman–Crippen MR) is 127 cm³/mol. The number of halogens is 2. The summed E-state index contributed by atoms with van der Waals surface area (Å²) in [4.78, 5) is 39.2. The van der Waals surface area contributed by atoms with Crippen molar-refractivity contribution in [2.75, 3.05) is 11.7 Å². The summed E-state index contributed by atoms with van der Waals surface area (Å²) in [7, 11) is 0. The molecule has 0 spiro atoms. The van der Waals surface area contributed by atoms with Gasteiger partial charge in [-0.3, -0.25) is 14.9 Å². The number of amides is 4. The van der Waals surface area contributed by atoms with Gasteiger partial charge in [0.25, 0.3) is 11.8 Å². The number of barbiturate groups is 1. The molecule has 3 aromatic rings. The lowest BCUT2D eigenvalue weighted by Gasteiger charge is -2.27. The maximum atomic E-state index is 13.3. The summed E-state index contributed by atoms with van der Waals surface area (Å²) in [5, 5.41) is 2.40. The van der Waals surface area contributed by atoms with Gasteiger partial charge in [-0.25, -0.2) is 9.69 Å². The van der Waals surface area contributed by atoms with Crippen LogP contribution < -0.4 is 19.7 Å². The number of hydrogen-bond acceptors (Lipinski definition) is 5. The second-order valence-corrected chi connectivity index (χ2v) is 8.52. The van der Waals surface area contributed by atoms with Crippen molar-refractivity contribution in [1.29, 1.82) is 0 Å². The zero-order valence-electron chi connectivity index (χ0n) is 18.0. The standard InChI is InChI=1S/C24H17Cl2N3O5/c1-12-8-14(13(2)28(12)15-6-7-19-20(10-15)34-11-33-19)9-16-22(30)27-24(32)29(23(16)31)18-5-3-4-17(25)21(18)26/h3-10H,11H2,1-2H3,(H,27,30,32). The van der Waals surface area contributed by atoms with E-state index < -0.39 is 17.8 Å². The van der Waals surface area contributed by atoms with E-state index in [4.69, 9.17) is 32.7 Å². The number of hydrogen-bond donors (Lipinski definition) is 1. The van der Waals surface area contributed by atoms with Gasteiger partial charge in [0.2, 0.25) is 6.79 Å². The lowest BCUT2D eigenvalue weighted by Crippen LogP contribution is -2.54. The molecule has 1 fully saturated rings. The van der Waals surface area contributed by atoms with Crippen molar-refractivity contribution in [2.45, 2.75) is 13.8 Å². The van der Waals surface area contributed by atoms with Crippen LogP contribution in [0.5, 0.6) is 11.5 Å². The molecular weight excluding hydrogens is 481 g/mol. The quantitative estimate of drug-likeness (QED) is 0.414. The molecule has 0 aliphatic carbocycles.